The van der Waals surface area contributed by atoms with E-state index in [1.54, 1.807) is 25.1 Å². The van der Waals surface area contributed by atoms with Crippen LogP contribution in [0.15, 0.2) is 30.3 Å². The molecule has 0 aliphatic heterocycles. The lowest BCUT2D eigenvalue weighted by Gasteiger charge is -2.08. The molecule has 0 bridgehead atoms. The van der Waals surface area contributed by atoms with E-state index in [2.05, 4.69) is 10.3 Å². The van der Waals surface area contributed by atoms with Crippen LogP contribution in [0.5, 0.6) is 0 Å². The second-order valence-corrected chi connectivity index (χ2v) is 4.28. The molecule has 0 spiro atoms. The van der Waals surface area contributed by atoms with Crippen LogP contribution in [0.1, 0.15) is 21.7 Å². The topological polar surface area (TPSA) is 68.0 Å². The average Bonchev–Trinajstić information content (AvgIpc) is 2.33. The van der Waals surface area contributed by atoms with Crippen molar-refractivity contribution in [2.24, 2.45) is 0 Å². The molecule has 0 atom stereocenters. The maximum absolute atomic E-state index is 13.3. The molecule has 2 aromatic rings. The van der Waals surface area contributed by atoms with Crippen LogP contribution in [-0.2, 0) is 0 Å². The summed E-state index contributed by atoms with van der Waals surface area (Å²) in [5.74, 6) is -0.884. The van der Waals surface area contributed by atoms with Crippen LogP contribution in [0.25, 0.3) is 0 Å². The molecule has 1 aromatic heterocycles. The summed E-state index contributed by atoms with van der Waals surface area (Å²) in [4.78, 5) is 16.3. The number of rotatable bonds is 2. The number of nitrogens with one attached hydrogen (secondary N) is 1. The van der Waals surface area contributed by atoms with E-state index in [-0.39, 0.29) is 11.6 Å². The molecule has 5 heteroatoms. The number of amides is 1. The highest BCUT2D eigenvalue weighted by Crippen LogP contribution is 2.17. The number of aryl methyl sites for hydroxylation is 2. The molecule has 0 unspecified atom stereocenters. The third-order valence-corrected chi connectivity index (χ3v) is 2.73. The number of hydrogen-bond acceptors (Lipinski definition) is 3. The van der Waals surface area contributed by atoms with Crippen LogP contribution in [0.3, 0.4) is 0 Å². The minimum Gasteiger partial charge on any atom is -0.396 e. The van der Waals surface area contributed by atoms with E-state index in [4.69, 9.17) is 5.73 Å². The van der Waals surface area contributed by atoms with Crippen LogP contribution in [-0.4, -0.2) is 10.9 Å². The Morgan fingerprint density at radius 1 is 1.26 bits per heavy atom. The summed E-state index contributed by atoms with van der Waals surface area (Å²) >= 11 is 0. The van der Waals surface area contributed by atoms with E-state index in [0.29, 0.717) is 16.9 Å². The first-order valence-corrected chi connectivity index (χ1v) is 5.78. The highest BCUT2D eigenvalue weighted by atomic mass is 19.1. The number of nitrogens with zero attached hydrogens (tertiary/aromatic N) is 1. The number of pyridine rings is 1. The van der Waals surface area contributed by atoms with Crippen molar-refractivity contribution in [3.05, 3.63) is 53.1 Å². The van der Waals surface area contributed by atoms with Crippen LogP contribution >= 0.6 is 0 Å². The monoisotopic (exact) mass is 259 g/mol. The summed E-state index contributed by atoms with van der Waals surface area (Å²) in [6, 6.07) is 7.59. The molecule has 0 saturated carbocycles. The smallest absolute Gasteiger partial charge is 0.257 e. The molecule has 0 aliphatic carbocycles. The van der Waals surface area contributed by atoms with Crippen molar-refractivity contribution in [3.8, 4) is 0 Å². The van der Waals surface area contributed by atoms with Gasteiger partial charge in [-0.3, -0.25) is 9.78 Å². The van der Waals surface area contributed by atoms with E-state index >= 15 is 0 Å². The Morgan fingerprint density at radius 3 is 2.63 bits per heavy atom. The summed E-state index contributed by atoms with van der Waals surface area (Å²) in [5, 5.41) is 2.61. The molecule has 0 aliphatic rings. The first-order valence-electron chi connectivity index (χ1n) is 5.78. The minimum absolute atomic E-state index is 0.0474. The first kappa shape index (κ1) is 13.0. The number of benzene rings is 1. The summed E-state index contributed by atoms with van der Waals surface area (Å²) in [5.41, 5.74) is 7.71. The van der Waals surface area contributed by atoms with Crippen molar-refractivity contribution in [2.45, 2.75) is 13.8 Å². The van der Waals surface area contributed by atoms with E-state index in [1.807, 2.05) is 6.92 Å². The molecule has 0 radical (unpaired) electrons. The van der Waals surface area contributed by atoms with Crippen molar-refractivity contribution in [1.29, 1.82) is 0 Å². The van der Waals surface area contributed by atoms with Gasteiger partial charge in [-0.15, -0.1) is 0 Å². The molecule has 0 fully saturated rings. The molecule has 2 rings (SSSR count). The second-order valence-electron chi connectivity index (χ2n) is 4.28. The third-order valence-electron chi connectivity index (χ3n) is 2.73. The Bertz CT molecular complexity index is 641. The Labute approximate surface area is 110 Å². The molecule has 0 saturated heterocycles. The molecule has 1 aromatic carbocycles. The van der Waals surface area contributed by atoms with Crippen LogP contribution in [0, 0.1) is 19.7 Å². The van der Waals surface area contributed by atoms with Gasteiger partial charge in [0, 0.05) is 11.4 Å². The minimum atomic E-state index is -0.559. The van der Waals surface area contributed by atoms with Gasteiger partial charge in [0.25, 0.3) is 5.91 Å². The standard InChI is InChI=1S/C14H14FN3O/c1-8-3-5-11(9(2)17-8)14(19)18-10-4-6-13(16)12(15)7-10/h3-7H,16H2,1-2H3,(H,18,19). The summed E-state index contributed by atoms with van der Waals surface area (Å²) < 4.78 is 13.3. The fourth-order valence-corrected chi connectivity index (χ4v) is 1.73. The lowest BCUT2D eigenvalue weighted by atomic mass is 10.1. The first-order chi connectivity index (χ1) is 8.97. The van der Waals surface area contributed by atoms with Crippen molar-refractivity contribution >= 4 is 17.3 Å². The van der Waals surface area contributed by atoms with Gasteiger partial charge in [0.1, 0.15) is 5.82 Å². The number of nitrogen functional groups attached to an aromatic ring is 1. The number of halogens is 1. The SMILES string of the molecule is Cc1ccc(C(=O)Nc2ccc(N)c(F)c2)c(C)n1. The van der Waals surface area contributed by atoms with Crippen molar-refractivity contribution in [1.82, 2.24) is 4.98 Å². The zero-order valence-electron chi connectivity index (χ0n) is 10.7. The molecule has 98 valence electrons. The van der Waals surface area contributed by atoms with Gasteiger partial charge in [-0.2, -0.15) is 0 Å². The van der Waals surface area contributed by atoms with Gasteiger partial charge in [0.2, 0.25) is 0 Å². The Hall–Kier alpha value is -2.43. The highest BCUT2D eigenvalue weighted by Gasteiger charge is 2.11. The molecule has 19 heavy (non-hydrogen) atoms. The zero-order valence-corrected chi connectivity index (χ0v) is 10.7. The largest absolute Gasteiger partial charge is 0.396 e. The molecule has 1 heterocycles. The van der Waals surface area contributed by atoms with Crippen molar-refractivity contribution in [3.63, 3.8) is 0 Å². The number of nitrogens with two attached hydrogens (primary N) is 1. The van der Waals surface area contributed by atoms with Crippen molar-refractivity contribution in [2.75, 3.05) is 11.1 Å². The van der Waals surface area contributed by atoms with E-state index in [0.717, 1.165) is 5.69 Å². The van der Waals surface area contributed by atoms with Crippen molar-refractivity contribution < 1.29 is 9.18 Å². The van der Waals surface area contributed by atoms with Gasteiger partial charge in [0.15, 0.2) is 0 Å². The number of aromatic nitrogens is 1. The van der Waals surface area contributed by atoms with Crippen LogP contribution < -0.4 is 11.1 Å². The molecule has 4 nitrogen and oxygen atoms in total. The second kappa shape index (κ2) is 5.06. The predicted molar refractivity (Wildman–Crippen MR) is 72.5 cm³/mol. The fraction of sp³-hybridized carbons (Fsp3) is 0.143. The number of hydrogen-bond donors (Lipinski definition) is 2. The number of carbonyl (C=O) groups is 1. The lowest BCUT2D eigenvalue weighted by molar-refractivity contribution is 0.102. The van der Waals surface area contributed by atoms with Gasteiger partial charge in [0.05, 0.1) is 16.9 Å². The molecular formula is C14H14FN3O. The van der Waals surface area contributed by atoms with Crippen LogP contribution in [0.2, 0.25) is 0 Å². The van der Waals surface area contributed by atoms with Gasteiger partial charge in [-0.1, -0.05) is 0 Å². The Kier molecular flexibility index (Phi) is 3.46. The van der Waals surface area contributed by atoms with E-state index < -0.39 is 5.82 Å². The predicted octanol–water partition coefficient (Wildman–Crippen LogP) is 2.67. The summed E-state index contributed by atoms with van der Waals surface area (Å²) in [7, 11) is 0. The number of carbonyl (C=O) groups excluding carboxylic acids is 1. The molecule has 1 amide bonds. The lowest BCUT2D eigenvalue weighted by Crippen LogP contribution is -2.14. The summed E-state index contributed by atoms with van der Waals surface area (Å²) in [6.07, 6.45) is 0. The van der Waals surface area contributed by atoms with Gasteiger partial charge < -0.3 is 11.1 Å². The average molecular weight is 259 g/mol. The van der Waals surface area contributed by atoms with Gasteiger partial charge >= 0.3 is 0 Å². The zero-order chi connectivity index (χ0) is 14.0. The molecule has 3 N–H and O–H groups in total. The fourth-order valence-electron chi connectivity index (χ4n) is 1.73. The maximum Gasteiger partial charge on any atom is 0.257 e. The molecular weight excluding hydrogens is 245 g/mol. The summed E-state index contributed by atoms with van der Waals surface area (Å²) in [6.45, 7) is 3.61. The van der Waals surface area contributed by atoms with Gasteiger partial charge in [-0.05, 0) is 44.2 Å². The quantitative estimate of drug-likeness (QED) is 0.815. The number of anilines is 2. The van der Waals surface area contributed by atoms with Gasteiger partial charge in [-0.25, -0.2) is 4.39 Å². The van der Waals surface area contributed by atoms with Crippen LogP contribution in [0.4, 0.5) is 15.8 Å². The van der Waals surface area contributed by atoms with E-state index in [1.165, 1.54) is 12.1 Å². The normalized spacial score (nSPS) is 10.3. The highest BCUT2D eigenvalue weighted by molar-refractivity contribution is 6.05. The van der Waals surface area contributed by atoms with E-state index in [9.17, 15) is 9.18 Å². The Balaban J connectivity index is 2.23. The maximum atomic E-state index is 13.3. The Morgan fingerprint density at radius 2 is 2.00 bits per heavy atom. The third kappa shape index (κ3) is 2.88.